The van der Waals surface area contributed by atoms with E-state index in [0.29, 0.717) is 106 Å². The Morgan fingerprint density at radius 2 is 0.685 bits per heavy atom. The third-order valence-corrected chi connectivity index (χ3v) is 8.52. The van der Waals surface area contributed by atoms with Crippen molar-refractivity contribution in [2.75, 3.05) is 139 Å². The molecule has 0 aliphatic carbocycles. The number of unbranched alkanes of at least 4 members (excludes halogenated alkanes) is 9. The predicted molar refractivity (Wildman–Crippen MR) is 199 cm³/mol. The maximum atomic E-state index is 11.7. The van der Waals surface area contributed by atoms with Crippen molar-refractivity contribution in [1.82, 2.24) is 0 Å². The summed E-state index contributed by atoms with van der Waals surface area (Å²) >= 11 is 0. The van der Waals surface area contributed by atoms with Crippen LogP contribution in [0, 0.1) is 0 Å². The van der Waals surface area contributed by atoms with E-state index in [1.165, 1.54) is 57.8 Å². The van der Waals surface area contributed by atoms with Crippen LogP contribution in [-0.2, 0) is 71.8 Å². The van der Waals surface area contributed by atoms with Crippen LogP contribution in [-0.4, -0.2) is 174 Å². The molecule has 0 saturated carbocycles. The highest BCUT2D eigenvalue weighted by Gasteiger charge is 2.34. The number of hydrogen-bond donors (Lipinski definition) is 2. The van der Waals surface area contributed by atoms with Gasteiger partial charge in [0.25, 0.3) is 10.1 Å². The van der Waals surface area contributed by atoms with E-state index in [-0.39, 0.29) is 26.4 Å². The lowest BCUT2D eigenvalue weighted by molar-refractivity contribution is -0.148. The van der Waals surface area contributed by atoms with Crippen molar-refractivity contribution in [3.63, 3.8) is 0 Å². The zero-order valence-electron chi connectivity index (χ0n) is 32.6. The number of ether oxygens (including phenoxy) is 11. The van der Waals surface area contributed by atoms with Crippen molar-refractivity contribution in [3.05, 3.63) is 0 Å². The SMILES string of the molecule is CCCCCCCCCCCCOCCOCCOCCOCCOCCOCCOCCOCCOCCOCCOC(=O)C(CC(=O)O)S(=O)(=O)O. The Hall–Kier alpha value is -1.55. The zero-order valence-corrected chi connectivity index (χ0v) is 33.4. The number of carboxylic acids is 1. The molecule has 0 rings (SSSR count). The lowest BCUT2D eigenvalue weighted by Gasteiger charge is -2.11. The van der Waals surface area contributed by atoms with Crippen LogP contribution in [0.4, 0.5) is 0 Å². The van der Waals surface area contributed by atoms with E-state index in [0.717, 1.165) is 13.0 Å². The quantitative estimate of drug-likeness (QED) is 0.0513. The first-order valence-corrected chi connectivity index (χ1v) is 20.9. The first-order valence-electron chi connectivity index (χ1n) is 19.4. The summed E-state index contributed by atoms with van der Waals surface area (Å²) in [6.45, 7) is 10.7. The fraction of sp³-hybridized carbons (Fsp3) is 0.944. The van der Waals surface area contributed by atoms with Crippen molar-refractivity contribution in [2.24, 2.45) is 0 Å². The summed E-state index contributed by atoms with van der Waals surface area (Å²) in [7, 11) is -4.90. The third kappa shape index (κ3) is 40.1. The normalized spacial score (nSPS) is 12.3. The van der Waals surface area contributed by atoms with Crippen LogP contribution >= 0.6 is 0 Å². The topological polar surface area (TPSA) is 210 Å². The molecule has 0 aliphatic heterocycles. The Morgan fingerprint density at radius 3 is 0.963 bits per heavy atom. The van der Waals surface area contributed by atoms with Crippen LogP contribution < -0.4 is 0 Å². The van der Waals surface area contributed by atoms with Gasteiger partial charge in [-0.3, -0.25) is 14.1 Å². The lowest BCUT2D eigenvalue weighted by Crippen LogP contribution is -2.34. The van der Waals surface area contributed by atoms with E-state index in [1.807, 2.05) is 0 Å². The van der Waals surface area contributed by atoms with Crippen molar-refractivity contribution in [2.45, 2.75) is 82.8 Å². The van der Waals surface area contributed by atoms with E-state index >= 15 is 0 Å². The number of aliphatic carboxylic acids is 1. The molecule has 0 fully saturated rings. The number of hydrogen-bond acceptors (Lipinski definition) is 15. The molecule has 0 heterocycles. The number of carboxylic acid groups (broad SMARTS) is 1. The minimum Gasteiger partial charge on any atom is -0.481 e. The smallest absolute Gasteiger partial charge is 0.327 e. The molecule has 0 aromatic heterocycles. The van der Waals surface area contributed by atoms with Gasteiger partial charge in [-0.2, -0.15) is 8.42 Å². The minimum atomic E-state index is -4.90. The van der Waals surface area contributed by atoms with Crippen LogP contribution in [0.1, 0.15) is 77.6 Å². The van der Waals surface area contributed by atoms with Gasteiger partial charge in [0.2, 0.25) is 0 Å². The molecule has 17 nitrogen and oxygen atoms in total. The zero-order chi connectivity index (χ0) is 39.6. The van der Waals surface area contributed by atoms with Crippen molar-refractivity contribution >= 4 is 22.1 Å². The summed E-state index contributed by atoms with van der Waals surface area (Å²) in [5.74, 6) is -2.93. The average Bonchev–Trinajstić information content (AvgIpc) is 3.13. The van der Waals surface area contributed by atoms with Crippen LogP contribution in [0.5, 0.6) is 0 Å². The molecule has 54 heavy (non-hydrogen) atoms. The van der Waals surface area contributed by atoms with Crippen molar-refractivity contribution in [3.8, 4) is 0 Å². The molecule has 2 N–H and O–H groups in total. The van der Waals surface area contributed by atoms with Gasteiger partial charge < -0.3 is 57.2 Å². The first-order chi connectivity index (χ1) is 26.3. The molecular formula is C36H70O17S. The minimum absolute atomic E-state index is 0.0651. The van der Waals surface area contributed by atoms with Crippen LogP contribution in [0.3, 0.4) is 0 Å². The van der Waals surface area contributed by atoms with Gasteiger partial charge in [0.15, 0.2) is 5.25 Å². The predicted octanol–water partition coefficient (Wildman–Crippen LogP) is 3.35. The van der Waals surface area contributed by atoms with Gasteiger partial charge in [-0.1, -0.05) is 64.7 Å². The number of carbonyl (C=O) groups excluding carboxylic acids is 1. The third-order valence-electron chi connectivity index (χ3n) is 7.44. The van der Waals surface area contributed by atoms with Crippen LogP contribution in [0.15, 0.2) is 0 Å². The molecule has 1 atom stereocenters. The second kappa shape index (κ2) is 41.1. The second-order valence-corrected chi connectivity index (χ2v) is 13.7. The molecule has 0 amide bonds. The molecule has 0 radical (unpaired) electrons. The van der Waals surface area contributed by atoms with Gasteiger partial charge in [-0.25, -0.2) is 0 Å². The molecule has 0 aromatic carbocycles. The maximum absolute atomic E-state index is 11.7. The monoisotopic (exact) mass is 806 g/mol. The summed E-state index contributed by atoms with van der Waals surface area (Å²) in [6.07, 6.45) is 12.2. The molecule has 322 valence electrons. The fourth-order valence-corrected chi connectivity index (χ4v) is 5.20. The summed E-state index contributed by atoms with van der Waals surface area (Å²) in [6, 6.07) is 0. The van der Waals surface area contributed by atoms with Crippen molar-refractivity contribution < 1.29 is 79.8 Å². The molecule has 0 spiro atoms. The summed E-state index contributed by atoms with van der Waals surface area (Å²) in [4.78, 5) is 22.3. The fourth-order valence-electron chi connectivity index (χ4n) is 4.54. The molecule has 0 saturated heterocycles. The van der Waals surface area contributed by atoms with Gasteiger partial charge >= 0.3 is 11.9 Å². The van der Waals surface area contributed by atoms with Crippen LogP contribution in [0.25, 0.3) is 0 Å². The molecule has 0 aromatic rings. The average molecular weight is 807 g/mol. The number of esters is 1. The Labute approximate surface area is 323 Å². The van der Waals surface area contributed by atoms with Gasteiger partial charge in [0, 0.05) is 6.61 Å². The van der Waals surface area contributed by atoms with E-state index in [4.69, 9.17) is 57.0 Å². The first kappa shape index (κ1) is 52.5. The lowest BCUT2D eigenvalue weighted by atomic mass is 10.1. The largest absolute Gasteiger partial charge is 0.481 e. The number of rotatable bonds is 45. The van der Waals surface area contributed by atoms with Gasteiger partial charge in [0.05, 0.1) is 132 Å². The van der Waals surface area contributed by atoms with Gasteiger partial charge in [-0.15, -0.1) is 0 Å². The summed E-state index contributed by atoms with van der Waals surface area (Å²) < 4.78 is 90.3. The van der Waals surface area contributed by atoms with E-state index < -0.39 is 33.7 Å². The van der Waals surface area contributed by atoms with Gasteiger partial charge in [0.1, 0.15) is 6.61 Å². The Balaban J connectivity index is 3.20. The Morgan fingerprint density at radius 1 is 0.426 bits per heavy atom. The number of carbonyl (C=O) groups is 2. The standard InChI is InChI=1S/C36H70O17S/c1-2-3-4-5-6-7-8-9-10-11-12-43-13-14-44-15-16-45-17-18-46-19-20-47-21-22-48-23-24-49-25-26-50-27-28-51-29-30-52-31-32-53-36(39)34(33-35(37)38)54(40,41)42/h34H,2-33H2,1H3,(H,37,38)(H,40,41,42). The highest BCUT2D eigenvalue weighted by atomic mass is 32.2. The Kier molecular flexibility index (Phi) is 39.9. The summed E-state index contributed by atoms with van der Waals surface area (Å²) in [5.41, 5.74) is 0. The van der Waals surface area contributed by atoms with Crippen LogP contribution in [0.2, 0.25) is 0 Å². The molecular weight excluding hydrogens is 736 g/mol. The maximum Gasteiger partial charge on any atom is 0.327 e. The molecule has 18 heteroatoms. The summed E-state index contributed by atoms with van der Waals surface area (Å²) in [5, 5.41) is 6.47. The molecule has 0 aliphatic rings. The second-order valence-electron chi connectivity index (χ2n) is 12.1. The highest BCUT2D eigenvalue weighted by molar-refractivity contribution is 7.87. The Bertz CT molecular complexity index is 925. The molecule has 1 unspecified atom stereocenters. The highest BCUT2D eigenvalue weighted by Crippen LogP contribution is 2.10. The molecule has 0 bridgehead atoms. The van der Waals surface area contributed by atoms with Gasteiger partial charge in [-0.05, 0) is 6.42 Å². The van der Waals surface area contributed by atoms with E-state index in [2.05, 4.69) is 11.7 Å². The van der Waals surface area contributed by atoms with Crippen molar-refractivity contribution in [1.29, 1.82) is 0 Å². The van der Waals surface area contributed by atoms with E-state index in [1.54, 1.807) is 0 Å². The van der Waals surface area contributed by atoms with E-state index in [9.17, 15) is 18.0 Å².